The van der Waals surface area contributed by atoms with Crippen LogP contribution in [0.15, 0.2) is 77.7 Å². The molecule has 38 heavy (non-hydrogen) atoms. The summed E-state index contributed by atoms with van der Waals surface area (Å²) in [6, 6.07) is 16.9. The first-order valence-corrected chi connectivity index (χ1v) is 12.9. The Morgan fingerprint density at radius 2 is 1.66 bits per heavy atom. The molecule has 4 rings (SSSR count). The molecule has 1 aliphatic rings. The van der Waals surface area contributed by atoms with E-state index in [1.54, 1.807) is 42.5 Å². The van der Waals surface area contributed by atoms with Gasteiger partial charge in [0.05, 0.1) is 12.7 Å². The van der Waals surface area contributed by atoms with Gasteiger partial charge in [-0.05, 0) is 29.8 Å². The third-order valence-corrected chi connectivity index (χ3v) is 7.16. The van der Waals surface area contributed by atoms with E-state index in [0.29, 0.717) is 17.2 Å². The lowest BCUT2D eigenvalue weighted by Gasteiger charge is -2.25. The van der Waals surface area contributed by atoms with Crippen molar-refractivity contribution in [1.82, 2.24) is 10.0 Å². The average Bonchev–Trinajstić information content (AvgIpc) is 3.40. The maximum atomic E-state index is 13.5. The maximum Gasteiger partial charge on any atom is 0.339 e. The molecule has 1 heterocycles. The van der Waals surface area contributed by atoms with Gasteiger partial charge in [-0.25, -0.2) is 22.7 Å². The number of nitrogens with one attached hydrogen (secondary N) is 2. The standard InChI is InChI=1S/C26H25N3O8S/c1-29(18-12-13-21-22(15-18)37-16-36-21)24(30)20(14-17-8-4-3-5-9-17)27-26(32)28-38(33,34)23-11-7-6-10-19(23)25(31)35-2/h3-13,15,20H,14,16H2,1-2H3,(H2,27,28,32)/t20-/m0/s1. The molecule has 0 aliphatic carbocycles. The van der Waals surface area contributed by atoms with Crippen molar-refractivity contribution >= 4 is 33.6 Å². The van der Waals surface area contributed by atoms with Gasteiger partial charge in [0.2, 0.25) is 12.7 Å². The summed E-state index contributed by atoms with van der Waals surface area (Å²) >= 11 is 0. The summed E-state index contributed by atoms with van der Waals surface area (Å²) in [6.45, 7) is 0.0718. The van der Waals surface area contributed by atoms with Gasteiger partial charge in [-0.1, -0.05) is 42.5 Å². The minimum atomic E-state index is -4.49. The summed E-state index contributed by atoms with van der Waals surface area (Å²) in [4.78, 5) is 39.3. The Bertz CT molecular complexity index is 1460. The zero-order valence-electron chi connectivity index (χ0n) is 20.5. The third kappa shape index (κ3) is 5.86. The minimum Gasteiger partial charge on any atom is -0.465 e. The average molecular weight is 540 g/mol. The smallest absolute Gasteiger partial charge is 0.339 e. The lowest BCUT2D eigenvalue weighted by Crippen LogP contribution is -2.52. The van der Waals surface area contributed by atoms with Gasteiger partial charge in [-0.15, -0.1) is 0 Å². The fourth-order valence-corrected chi connectivity index (χ4v) is 4.96. The van der Waals surface area contributed by atoms with Crippen LogP contribution in [0.5, 0.6) is 11.5 Å². The molecule has 0 radical (unpaired) electrons. The molecule has 0 bridgehead atoms. The van der Waals surface area contributed by atoms with E-state index in [1.165, 1.54) is 36.2 Å². The van der Waals surface area contributed by atoms with Gasteiger partial charge < -0.3 is 24.4 Å². The molecule has 1 aliphatic heterocycles. The fourth-order valence-electron chi connectivity index (χ4n) is 3.85. The summed E-state index contributed by atoms with van der Waals surface area (Å²) in [6.07, 6.45) is 0.0841. The van der Waals surface area contributed by atoms with E-state index in [4.69, 9.17) is 9.47 Å². The summed E-state index contributed by atoms with van der Waals surface area (Å²) < 4.78 is 43.1. The first-order chi connectivity index (χ1) is 18.2. The molecule has 3 amide bonds. The first kappa shape index (κ1) is 26.5. The fraction of sp³-hybridized carbons (Fsp3) is 0.192. The molecule has 198 valence electrons. The number of methoxy groups -OCH3 is 1. The van der Waals surface area contributed by atoms with Crippen molar-refractivity contribution in [2.45, 2.75) is 17.4 Å². The zero-order valence-corrected chi connectivity index (χ0v) is 21.4. The number of benzene rings is 3. The predicted octanol–water partition coefficient (Wildman–Crippen LogP) is 2.46. The van der Waals surface area contributed by atoms with Gasteiger partial charge in [-0.2, -0.15) is 0 Å². The Morgan fingerprint density at radius 1 is 0.974 bits per heavy atom. The van der Waals surface area contributed by atoms with Crippen LogP contribution in [-0.4, -0.2) is 53.3 Å². The zero-order chi connectivity index (χ0) is 27.3. The highest BCUT2D eigenvalue weighted by atomic mass is 32.2. The maximum absolute atomic E-state index is 13.5. The van der Waals surface area contributed by atoms with E-state index in [2.05, 4.69) is 10.1 Å². The van der Waals surface area contributed by atoms with Crippen LogP contribution in [0.2, 0.25) is 0 Å². The molecule has 0 unspecified atom stereocenters. The van der Waals surface area contributed by atoms with Crippen molar-refractivity contribution in [2.24, 2.45) is 0 Å². The highest BCUT2D eigenvalue weighted by Gasteiger charge is 2.29. The topological polar surface area (TPSA) is 140 Å². The Morgan fingerprint density at radius 3 is 2.39 bits per heavy atom. The Kier molecular flexibility index (Phi) is 7.82. The summed E-state index contributed by atoms with van der Waals surface area (Å²) in [5.41, 5.74) is 0.984. The first-order valence-electron chi connectivity index (χ1n) is 11.4. The summed E-state index contributed by atoms with van der Waals surface area (Å²) in [5.74, 6) is -0.364. The monoisotopic (exact) mass is 539 g/mol. The van der Waals surface area contributed by atoms with Gasteiger partial charge in [0.15, 0.2) is 11.5 Å². The van der Waals surface area contributed by atoms with E-state index in [9.17, 15) is 22.8 Å². The largest absolute Gasteiger partial charge is 0.465 e. The van der Waals surface area contributed by atoms with Crippen LogP contribution in [0.3, 0.4) is 0 Å². The molecule has 2 N–H and O–H groups in total. The van der Waals surface area contributed by atoms with Crippen molar-refractivity contribution in [1.29, 1.82) is 0 Å². The van der Waals surface area contributed by atoms with E-state index in [1.807, 2.05) is 10.8 Å². The highest BCUT2D eigenvalue weighted by molar-refractivity contribution is 7.90. The van der Waals surface area contributed by atoms with Crippen LogP contribution in [0.25, 0.3) is 0 Å². The number of fused-ring (bicyclic) bond motifs is 1. The van der Waals surface area contributed by atoms with Crippen LogP contribution in [0.1, 0.15) is 15.9 Å². The molecule has 3 aromatic carbocycles. The number of urea groups is 1. The SMILES string of the molecule is COC(=O)c1ccccc1S(=O)(=O)NC(=O)N[C@@H](Cc1ccccc1)C(=O)N(C)c1ccc2c(c1)OCO2. The summed E-state index contributed by atoms with van der Waals surface area (Å²) in [5, 5.41) is 2.46. The van der Waals surface area contributed by atoms with Gasteiger partial charge in [0.25, 0.3) is 10.0 Å². The number of carbonyl (C=O) groups is 3. The van der Waals surface area contributed by atoms with E-state index >= 15 is 0 Å². The van der Waals surface area contributed by atoms with Crippen LogP contribution in [0, 0.1) is 0 Å². The second-order valence-electron chi connectivity index (χ2n) is 8.24. The van der Waals surface area contributed by atoms with Crippen molar-refractivity contribution < 1.29 is 37.0 Å². The quantitative estimate of drug-likeness (QED) is 0.416. The number of sulfonamides is 1. The van der Waals surface area contributed by atoms with Crippen molar-refractivity contribution in [2.75, 3.05) is 25.9 Å². The normalized spacial score (nSPS) is 12.8. The van der Waals surface area contributed by atoms with Crippen molar-refractivity contribution in [3.05, 3.63) is 83.9 Å². The molecule has 0 saturated carbocycles. The number of rotatable bonds is 8. The molecule has 0 aromatic heterocycles. The molecular formula is C26H25N3O8S. The third-order valence-electron chi connectivity index (χ3n) is 5.77. The Labute approximate surface area is 219 Å². The Balaban J connectivity index is 1.56. The number of hydrogen-bond donors (Lipinski definition) is 2. The van der Waals surface area contributed by atoms with Crippen molar-refractivity contribution in [3.63, 3.8) is 0 Å². The number of likely N-dealkylation sites (N-methyl/N-ethyl adjacent to an activating group) is 1. The predicted molar refractivity (Wildman–Crippen MR) is 137 cm³/mol. The Hall–Kier alpha value is -4.58. The van der Waals surface area contributed by atoms with E-state index < -0.39 is 38.9 Å². The molecule has 1 atom stereocenters. The molecule has 3 aromatic rings. The van der Waals surface area contributed by atoms with Crippen molar-refractivity contribution in [3.8, 4) is 11.5 Å². The molecule has 12 heteroatoms. The van der Waals surface area contributed by atoms with Crippen LogP contribution >= 0.6 is 0 Å². The second-order valence-corrected chi connectivity index (χ2v) is 9.89. The number of nitrogens with zero attached hydrogens (tertiary/aromatic N) is 1. The minimum absolute atomic E-state index is 0.0718. The van der Waals surface area contributed by atoms with Crippen LogP contribution in [-0.2, 0) is 26.0 Å². The lowest BCUT2D eigenvalue weighted by atomic mass is 10.0. The van der Waals surface area contributed by atoms with Gasteiger partial charge in [0.1, 0.15) is 10.9 Å². The van der Waals surface area contributed by atoms with Gasteiger partial charge >= 0.3 is 12.0 Å². The number of carbonyl (C=O) groups excluding carboxylic acids is 3. The molecule has 0 saturated heterocycles. The number of esters is 1. The molecule has 11 nitrogen and oxygen atoms in total. The lowest BCUT2D eigenvalue weighted by molar-refractivity contribution is -0.120. The number of hydrogen-bond acceptors (Lipinski definition) is 8. The van der Waals surface area contributed by atoms with E-state index in [0.717, 1.165) is 12.7 Å². The van der Waals surface area contributed by atoms with Crippen LogP contribution < -0.4 is 24.4 Å². The van der Waals surface area contributed by atoms with Crippen LogP contribution in [0.4, 0.5) is 10.5 Å². The van der Waals surface area contributed by atoms with Gasteiger partial charge in [-0.3, -0.25) is 4.79 Å². The highest BCUT2D eigenvalue weighted by Crippen LogP contribution is 2.35. The molecular weight excluding hydrogens is 514 g/mol. The molecule has 0 spiro atoms. The summed E-state index contributed by atoms with van der Waals surface area (Å²) in [7, 11) is -1.84. The van der Waals surface area contributed by atoms with E-state index in [-0.39, 0.29) is 18.8 Å². The van der Waals surface area contributed by atoms with Gasteiger partial charge in [0, 0.05) is 25.2 Å². The number of amides is 3. The molecule has 0 fully saturated rings. The number of anilines is 1. The second kappa shape index (κ2) is 11.2. The number of ether oxygens (including phenoxy) is 3.